The van der Waals surface area contributed by atoms with E-state index in [0.717, 1.165) is 37.0 Å². The van der Waals surface area contributed by atoms with E-state index in [1.165, 1.54) is 30.3 Å². The van der Waals surface area contributed by atoms with Crippen LogP contribution in [0.1, 0.15) is 65.9 Å². The number of ether oxygens (including phenoxy) is 2. The normalized spacial score (nSPS) is 14.4. The van der Waals surface area contributed by atoms with E-state index in [0.29, 0.717) is 28.3 Å². The van der Waals surface area contributed by atoms with E-state index in [4.69, 9.17) is 9.47 Å². The third-order valence-corrected chi connectivity index (χ3v) is 7.80. The molecule has 1 N–H and O–H groups in total. The summed E-state index contributed by atoms with van der Waals surface area (Å²) in [6.07, 6.45) is 5.25. The number of Topliss-reactive ketones (excluding diaryl/α,β-unsaturated/α-hetero) is 1. The summed E-state index contributed by atoms with van der Waals surface area (Å²) in [6, 6.07) is 14.9. The first-order valence-electron chi connectivity index (χ1n) is 12.9. The van der Waals surface area contributed by atoms with Gasteiger partial charge < -0.3 is 14.8 Å². The quantitative estimate of drug-likeness (QED) is 0.336. The van der Waals surface area contributed by atoms with Crippen molar-refractivity contribution in [2.45, 2.75) is 57.5 Å². The molecule has 1 heterocycles. The van der Waals surface area contributed by atoms with Gasteiger partial charge in [-0.05, 0) is 67.6 Å². The number of rotatable bonds is 10. The van der Waals surface area contributed by atoms with Crippen LogP contribution in [0.4, 0.5) is 5.69 Å². The molecular formula is C30H34N2O5S. The predicted octanol–water partition coefficient (Wildman–Crippen LogP) is 5.73. The highest BCUT2D eigenvalue weighted by atomic mass is 32.1. The number of amides is 2. The second kappa shape index (κ2) is 12.7. The topological polar surface area (TPSA) is 84.9 Å². The van der Waals surface area contributed by atoms with Gasteiger partial charge in [-0.25, -0.2) is 0 Å². The number of nitrogens with one attached hydrogen (secondary N) is 1. The van der Waals surface area contributed by atoms with Crippen LogP contribution >= 0.6 is 11.3 Å². The summed E-state index contributed by atoms with van der Waals surface area (Å²) in [4.78, 5) is 42.4. The Morgan fingerprint density at radius 2 is 1.74 bits per heavy atom. The molecule has 7 nitrogen and oxygen atoms in total. The molecule has 0 aliphatic heterocycles. The average molecular weight is 535 g/mol. The molecule has 1 fully saturated rings. The first-order chi connectivity index (χ1) is 18.4. The highest BCUT2D eigenvalue weighted by Crippen LogP contribution is 2.37. The van der Waals surface area contributed by atoms with Crippen LogP contribution in [0.15, 0.2) is 60.0 Å². The van der Waals surface area contributed by atoms with Gasteiger partial charge in [-0.3, -0.25) is 19.3 Å². The molecule has 0 saturated heterocycles. The minimum atomic E-state index is -0.992. The van der Waals surface area contributed by atoms with Gasteiger partial charge in [0.2, 0.25) is 11.8 Å². The summed E-state index contributed by atoms with van der Waals surface area (Å²) < 4.78 is 11.1. The van der Waals surface area contributed by atoms with Gasteiger partial charge in [-0.15, -0.1) is 11.3 Å². The van der Waals surface area contributed by atoms with E-state index >= 15 is 0 Å². The molecule has 4 rings (SSSR count). The highest BCUT2D eigenvalue weighted by Gasteiger charge is 2.36. The molecule has 1 aliphatic carbocycles. The Labute approximate surface area is 227 Å². The number of methoxy groups -OCH3 is 2. The maximum absolute atomic E-state index is 14.1. The van der Waals surface area contributed by atoms with Crippen molar-refractivity contribution in [2.75, 3.05) is 19.1 Å². The lowest BCUT2D eigenvalue weighted by molar-refractivity contribution is -0.127. The minimum absolute atomic E-state index is 0.0531. The van der Waals surface area contributed by atoms with Crippen LogP contribution in [-0.4, -0.2) is 37.9 Å². The van der Waals surface area contributed by atoms with Crippen LogP contribution in [0.25, 0.3) is 0 Å². The number of nitrogens with zero attached hydrogens (tertiary/aromatic N) is 1. The molecule has 8 heteroatoms. The van der Waals surface area contributed by atoms with E-state index in [9.17, 15) is 14.4 Å². The molecule has 0 bridgehead atoms. The third-order valence-electron chi connectivity index (χ3n) is 6.92. The molecule has 1 atom stereocenters. The zero-order chi connectivity index (χ0) is 27.1. The predicted molar refractivity (Wildman–Crippen MR) is 149 cm³/mol. The largest absolute Gasteiger partial charge is 0.497 e. The van der Waals surface area contributed by atoms with Crippen molar-refractivity contribution < 1.29 is 23.9 Å². The number of benzene rings is 2. The van der Waals surface area contributed by atoms with Crippen LogP contribution in [0.3, 0.4) is 0 Å². The Bertz CT molecular complexity index is 1250. The zero-order valence-corrected chi connectivity index (χ0v) is 22.9. The van der Waals surface area contributed by atoms with Crippen LogP contribution in [0, 0.1) is 0 Å². The molecule has 1 aromatic heterocycles. The van der Waals surface area contributed by atoms with Gasteiger partial charge in [0, 0.05) is 33.8 Å². The molecule has 2 amide bonds. The lowest BCUT2D eigenvalue weighted by atomic mass is 9.94. The van der Waals surface area contributed by atoms with E-state index in [1.54, 1.807) is 49.6 Å². The number of anilines is 1. The lowest BCUT2D eigenvalue weighted by Crippen LogP contribution is -2.47. The van der Waals surface area contributed by atoms with Crippen molar-refractivity contribution in [1.82, 2.24) is 5.32 Å². The average Bonchev–Trinajstić information content (AvgIpc) is 3.45. The Balaban J connectivity index is 1.82. The van der Waals surface area contributed by atoms with Crippen LogP contribution < -0.4 is 19.7 Å². The minimum Gasteiger partial charge on any atom is -0.497 e. The number of thiophene rings is 1. The van der Waals surface area contributed by atoms with Crippen molar-refractivity contribution in [3.8, 4) is 11.5 Å². The van der Waals surface area contributed by atoms with E-state index in [-0.39, 0.29) is 30.1 Å². The smallest absolute Gasteiger partial charge is 0.248 e. The van der Waals surface area contributed by atoms with Crippen molar-refractivity contribution >= 4 is 34.6 Å². The molecule has 38 heavy (non-hydrogen) atoms. The summed E-state index contributed by atoms with van der Waals surface area (Å²) in [6.45, 7) is 1.50. The Hall–Kier alpha value is -3.65. The van der Waals surface area contributed by atoms with Gasteiger partial charge in [0.25, 0.3) is 0 Å². The number of hydrogen-bond acceptors (Lipinski definition) is 6. The van der Waals surface area contributed by atoms with Crippen molar-refractivity contribution in [3.05, 3.63) is 76.0 Å². The van der Waals surface area contributed by atoms with Crippen molar-refractivity contribution in [1.29, 1.82) is 0 Å². The van der Waals surface area contributed by atoms with Crippen molar-refractivity contribution in [2.24, 2.45) is 0 Å². The fourth-order valence-corrected chi connectivity index (χ4v) is 5.61. The molecule has 3 aromatic rings. The zero-order valence-electron chi connectivity index (χ0n) is 22.1. The summed E-state index contributed by atoms with van der Waals surface area (Å²) >= 11 is 1.49. The fraction of sp³-hybridized carbons (Fsp3) is 0.367. The first kappa shape index (κ1) is 27.4. The van der Waals surface area contributed by atoms with Crippen LogP contribution in [-0.2, 0) is 16.0 Å². The second-order valence-corrected chi connectivity index (χ2v) is 10.5. The Kier molecular flexibility index (Phi) is 9.18. The number of carbonyl (C=O) groups is 3. The first-order valence-corrected chi connectivity index (χ1v) is 13.8. The van der Waals surface area contributed by atoms with E-state index in [2.05, 4.69) is 5.32 Å². The molecule has 1 aliphatic rings. The second-order valence-electron chi connectivity index (χ2n) is 9.48. The van der Waals surface area contributed by atoms with Gasteiger partial charge in [0.05, 0.1) is 20.6 Å². The summed E-state index contributed by atoms with van der Waals surface area (Å²) in [5, 5.41) is 5.14. The summed E-state index contributed by atoms with van der Waals surface area (Å²) in [5.74, 6) is 0.457. The highest BCUT2D eigenvalue weighted by molar-refractivity contribution is 7.10. The van der Waals surface area contributed by atoms with Crippen molar-refractivity contribution in [3.63, 3.8) is 0 Å². The number of hydrogen-bond donors (Lipinski definition) is 1. The SMILES string of the molecule is COc1ccc([C@@H](C(=O)NC2CCCCC2)N(C(=O)Cc2cccs2)c2ccc(C(C)=O)cc2)c(OC)c1. The lowest BCUT2D eigenvalue weighted by Gasteiger charge is -2.34. The molecule has 200 valence electrons. The Morgan fingerprint density at radius 3 is 2.34 bits per heavy atom. The third kappa shape index (κ3) is 6.42. The maximum atomic E-state index is 14.1. The molecule has 0 unspecified atom stereocenters. The Morgan fingerprint density at radius 1 is 1.00 bits per heavy atom. The van der Waals surface area contributed by atoms with Gasteiger partial charge >= 0.3 is 0 Å². The molecule has 0 radical (unpaired) electrons. The van der Waals surface area contributed by atoms with Gasteiger partial charge in [0.1, 0.15) is 17.5 Å². The number of ketones is 1. The maximum Gasteiger partial charge on any atom is 0.248 e. The van der Waals surface area contributed by atoms with Gasteiger partial charge in [-0.2, -0.15) is 0 Å². The van der Waals surface area contributed by atoms with Gasteiger partial charge in [-0.1, -0.05) is 25.3 Å². The van der Waals surface area contributed by atoms with Gasteiger partial charge in [0.15, 0.2) is 5.78 Å². The standard InChI is InChI=1S/C30H34N2O5S/c1-20(33)21-11-13-23(14-12-21)32(28(34)19-25-10-7-17-38-25)29(30(35)31-22-8-5-4-6-9-22)26-16-15-24(36-2)18-27(26)37-3/h7,10-18,22,29H,4-6,8-9,19H2,1-3H3,(H,31,35)/t29-/m0/s1. The summed E-state index contributed by atoms with van der Waals surface area (Å²) in [5.41, 5.74) is 1.61. The summed E-state index contributed by atoms with van der Waals surface area (Å²) in [7, 11) is 3.10. The van der Waals surface area contributed by atoms with E-state index in [1.807, 2.05) is 17.5 Å². The molecule has 1 saturated carbocycles. The van der Waals surface area contributed by atoms with Crippen LogP contribution in [0.2, 0.25) is 0 Å². The molecule has 2 aromatic carbocycles. The monoisotopic (exact) mass is 534 g/mol. The number of carbonyl (C=O) groups excluding carboxylic acids is 3. The van der Waals surface area contributed by atoms with E-state index < -0.39 is 6.04 Å². The molecule has 0 spiro atoms. The fourth-order valence-electron chi connectivity index (χ4n) is 4.91. The van der Waals surface area contributed by atoms with Crippen LogP contribution in [0.5, 0.6) is 11.5 Å². The molecular weight excluding hydrogens is 500 g/mol.